The van der Waals surface area contributed by atoms with Crippen molar-refractivity contribution in [2.24, 2.45) is 0 Å². The minimum Gasteiger partial charge on any atom is -0.494 e. The third-order valence-corrected chi connectivity index (χ3v) is 2.58. The summed E-state index contributed by atoms with van der Waals surface area (Å²) in [6, 6.07) is 5.07. The van der Waals surface area contributed by atoms with Gasteiger partial charge in [0.05, 0.1) is 19.3 Å². The molecule has 6 heteroatoms. The molecule has 3 N–H and O–H groups in total. The lowest BCUT2D eigenvalue weighted by molar-refractivity contribution is -0.116. The SMILES string of the molecule is COc1cc(NC(=O)CNC(C)(C)C)ccc1NC(C)=O. The fourth-order valence-corrected chi connectivity index (χ4v) is 1.61. The Kier molecular flexibility index (Phi) is 5.72. The number of rotatable bonds is 5. The van der Waals surface area contributed by atoms with Crippen LogP contribution in [-0.4, -0.2) is 31.0 Å². The van der Waals surface area contributed by atoms with Crippen LogP contribution in [0, 0.1) is 0 Å². The fourth-order valence-electron chi connectivity index (χ4n) is 1.61. The first-order valence-electron chi connectivity index (χ1n) is 6.72. The number of hydrogen-bond acceptors (Lipinski definition) is 4. The second-order valence-corrected chi connectivity index (χ2v) is 5.75. The normalized spacial score (nSPS) is 10.9. The molecular weight excluding hydrogens is 270 g/mol. The molecule has 0 spiro atoms. The van der Waals surface area contributed by atoms with Gasteiger partial charge in [-0.2, -0.15) is 0 Å². The van der Waals surface area contributed by atoms with Gasteiger partial charge in [0.1, 0.15) is 5.75 Å². The number of benzene rings is 1. The summed E-state index contributed by atoms with van der Waals surface area (Å²) in [7, 11) is 1.51. The summed E-state index contributed by atoms with van der Waals surface area (Å²) in [5.41, 5.74) is 1.06. The van der Waals surface area contributed by atoms with Gasteiger partial charge in [0.15, 0.2) is 0 Å². The van der Waals surface area contributed by atoms with Crippen molar-refractivity contribution in [2.45, 2.75) is 33.2 Å². The lowest BCUT2D eigenvalue weighted by atomic mass is 10.1. The Morgan fingerprint density at radius 3 is 2.38 bits per heavy atom. The van der Waals surface area contributed by atoms with Crippen LogP contribution >= 0.6 is 0 Å². The number of anilines is 2. The number of carbonyl (C=O) groups is 2. The van der Waals surface area contributed by atoms with E-state index in [1.165, 1.54) is 14.0 Å². The van der Waals surface area contributed by atoms with E-state index in [9.17, 15) is 9.59 Å². The summed E-state index contributed by atoms with van der Waals surface area (Å²) in [4.78, 5) is 22.9. The van der Waals surface area contributed by atoms with E-state index in [-0.39, 0.29) is 23.9 Å². The maximum Gasteiger partial charge on any atom is 0.238 e. The molecule has 0 aromatic heterocycles. The van der Waals surface area contributed by atoms with Gasteiger partial charge in [-0.3, -0.25) is 9.59 Å². The van der Waals surface area contributed by atoms with Crippen LogP contribution < -0.4 is 20.7 Å². The maximum absolute atomic E-state index is 11.8. The van der Waals surface area contributed by atoms with Gasteiger partial charge in [-0.25, -0.2) is 0 Å². The van der Waals surface area contributed by atoms with Crippen molar-refractivity contribution in [1.29, 1.82) is 0 Å². The molecule has 0 unspecified atom stereocenters. The minimum atomic E-state index is -0.181. The van der Waals surface area contributed by atoms with E-state index in [0.717, 1.165) is 0 Å². The Balaban J connectivity index is 2.72. The van der Waals surface area contributed by atoms with Crippen LogP contribution in [0.3, 0.4) is 0 Å². The van der Waals surface area contributed by atoms with Gasteiger partial charge >= 0.3 is 0 Å². The Hall–Kier alpha value is -2.08. The van der Waals surface area contributed by atoms with Crippen LogP contribution in [0.25, 0.3) is 0 Å². The predicted octanol–water partition coefficient (Wildman–Crippen LogP) is 1.98. The van der Waals surface area contributed by atoms with Crippen LogP contribution in [0.4, 0.5) is 11.4 Å². The lowest BCUT2D eigenvalue weighted by Crippen LogP contribution is -2.41. The molecule has 0 atom stereocenters. The first-order chi connectivity index (χ1) is 9.71. The Morgan fingerprint density at radius 2 is 1.86 bits per heavy atom. The van der Waals surface area contributed by atoms with Crippen LogP contribution in [0.15, 0.2) is 18.2 Å². The number of amides is 2. The van der Waals surface area contributed by atoms with Crippen molar-refractivity contribution in [3.63, 3.8) is 0 Å². The molecule has 1 aromatic rings. The van der Waals surface area contributed by atoms with Crippen molar-refractivity contribution in [3.05, 3.63) is 18.2 Å². The quantitative estimate of drug-likeness (QED) is 0.775. The summed E-state index contributed by atoms with van der Waals surface area (Å²) in [5.74, 6) is 0.172. The van der Waals surface area contributed by atoms with Gasteiger partial charge < -0.3 is 20.7 Å². The summed E-state index contributed by atoms with van der Waals surface area (Å²) in [6.07, 6.45) is 0. The Bertz CT molecular complexity index is 521. The summed E-state index contributed by atoms with van der Waals surface area (Å²) in [5, 5.41) is 8.54. The Labute approximate surface area is 125 Å². The van der Waals surface area contributed by atoms with Gasteiger partial charge in [-0.05, 0) is 32.9 Å². The van der Waals surface area contributed by atoms with E-state index in [4.69, 9.17) is 4.74 Å². The number of carbonyl (C=O) groups excluding carboxylic acids is 2. The van der Waals surface area contributed by atoms with E-state index in [0.29, 0.717) is 17.1 Å². The zero-order valence-corrected chi connectivity index (χ0v) is 13.2. The molecule has 0 saturated heterocycles. The zero-order chi connectivity index (χ0) is 16.0. The topological polar surface area (TPSA) is 79.5 Å². The van der Waals surface area contributed by atoms with E-state index >= 15 is 0 Å². The van der Waals surface area contributed by atoms with Crippen LogP contribution in [0.1, 0.15) is 27.7 Å². The van der Waals surface area contributed by atoms with E-state index < -0.39 is 0 Å². The average molecular weight is 293 g/mol. The molecule has 0 radical (unpaired) electrons. The molecule has 6 nitrogen and oxygen atoms in total. The highest BCUT2D eigenvalue weighted by Crippen LogP contribution is 2.27. The fraction of sp³-hybridized carbons (Fsp3) is 0.467. The molecule has 0 heterocycles. The van der Waals surface area contributed by atoms with Crippen molar-refractivity contribution >= 4 is 23.2 Å². The molecule has 2 amide bonds. The predicted molar refractivity (Wildman–Crippen MR) is 83.7 cm³/mol. The van der Waals surface area contributed by atoms with Gasteiger partial charge in [0, 0.05) is 24.2 Å². The molecular formula is C15H23N3O3. The van der Waals surface area contributed by atoms with Crippen molar-refractivity contribution in [1.82, 2.24) is 5.32 Å². The number of ether oxygens (including phenoxy) is 1. The largest absolute Gasteiger partial charge is 0.494 e. The summed E-state index contributed by atoms with van der Waals surface area (Å²) in [6.45, 7) is 7.62. The zero-order valence-electron chi connectivity index (χ0n) is 13.2. The minimum absolute atomic E-state index is 0.121. The smallest absolute Gasteiger partial charge is 0.238 e. The highest BCUT2D eigenvalue weighted by atomic mass is 16.5. The molecule has 1 aromatic carbocycles. The van der Waals surface area contributed by atoms with Crippen LogP contribution in [0.2, 0.25) is 0 Å². The highest BCUT2D eigenvalue weighted by molar-refractivity contribution is 5.94. The third kappa shape index (κ3) is 6.27. The highest BCUT2D eigenvalue weighted by Gasteiger charge is 2.12. The molecule has 0 aliphatic heterocycles. The summed E-state index contributed by atoms with van der Waals surface area (Å²) < 4.78 is 5.20. The number of methoxy groups -OCH3 is 1. The molecule has 21 heavy (non-hydrogen) atoms. The molecule has 0 aliphatic carbocycles. The van der Waals surface area contributed by atoms with E-state index in [2.05, 4.69) is 16.0 Å². The molecule has 116 valence electrons. The monoisotopic (exact) mass is 293 g/mol. The first kappa shape index (κ1) is 17.0. The Morgan fingerprint density at radius 1 is 1.19 bits per heavy atom. The second-order valence-electron chi connectivity index (χ2n) is 5.75. The van der Waals surface area contributed by atoms with Crippen molar-refractivity contribution < 1.29 is 14.3 Å². The van der Waals surface area contributed by atoms with Crippen LogP contribution in [0.5, 0.6) is 5.75 Å². The molecule has 0 fully saturated rings. The van der Waals surface area contributed by atoms with Gasteiger partial charge in [0.2, 0.25) is 11.8 Å². The maximum atomic E-state index is 11.8. The van der Waals surface area contributed by atoms with Gasteiger partial charge in [0.25, 0.3) is 0 Å². The van der Waals surface area contributed by atoms with Gasteiger partial charge in [-0.1, -0.05) is 0 Å². The van der Waals surface area contributed by atoms with Crippen molar-refractivity contribution in [3.8, 4) is 5.75 Å². The molecule has 0 bridgehead atoms. The number of nitrogens with one attached hydrogen (secondary N) is 3. The second kappa shape index (κ2) is 7.08. The standard InChI is InChI=1S/C15H23N3O3/c1-10(19)17-12-7-6-11(8-13(12)21-5)18-14(20)9-16-15(2,3)4/h6-8,16H,9H2,1-5H3,(H,17,19)(H,18,20). The molecule has 0 saturated carbocycles. The molecule has 0 aliphatic rings. The lowest BCUT2D eigenvalue weighted by Gasteiger charge is -2.20. The molecule has 1 rings (SSSR count). The van der Waals surface area contributed by atoms with Crippen LogP contribution in [-0.2, 0) is 9.59 Å². The third-order valence-electron chi connectivity index (χ3n) is 2.58. The number of hydrogen-bond donors (Lipinski definition) is 3. The first-order valence-corrected chi connectivity index (χ1v) is 6.72. The average Bonchev–Trinajstić information content (AvgIpc) is 2.37. The summed E-state index contributed by atoms with van der Waals surface area (Å²) >= 11 is 0. The van der Waals surface area contributed by atoms with E-state index in [1.54, 1.807) is 18.2 Å². The van der Waals surface area contributed by atoms with E-state index in [1.807, 2.05) is 20.8 Å². The van der Waals surface area contributed by atoms with Crippen molar-refractivity contribution in [2.75, 3.05) is 24.3 Å². The van der Waals surface area contributed by atoms with Gasteiger partial charge in [-0.15, -0.1) is 0 Å².